The number of hydrogen-bond donors (Lipinski definition) is 2. The standard InChI is InChI=1S/C27H56N2S/c1-2-3-4-5-6-7-8-9-10-11-12-13-14-15-16-17-18-19-20-21-22-23-24-25-26-29-27(28)30/h2-26H2,1H3,(H3,28,29,30). The van der Waals surface area contributed by atoms with Gasteiger partial charge in [-0.05, 0) is 18.6 Å². The van der Waals surface area contributed by atoms with E-state index >= 15 is 0 Å². The molecule has 0 fully saturated rings. The molecule has 0 saturated carbocycles. The number of nitrogens with two attached hydrogens (primary N) is 1. The minimum atomic E-state index is 0.434. The van der Waals surface area contributed by atoms with Gasteiger partial charge in [0.1, 0.15) is 0 Å². The van der Waals surface area contributed by atoms with Crippen molar-refractivity contribution in [2.24, 2.45) is 5.73 Å². The zero-order valence-corrected chi connectivity index (χ0v) is 21.5. The Morgan fingerprint density at radius 3 is 0.933 bits per heavy atom. The molecule has 0 aliphatic rings. The van der Waals surface area contributed by atoms with Crippen LogP contribution in [-0.4, -0.2) is 11.7 Å². The summed E-state index contributed by atoms with van der Waals surface area (Å²) < 4.78 is 0. The summed E-state index contributed by atoms with van der Waals surface area (Å²) in [6.07, 6.45) is 34.4. The summed E-state index contributed by atoms with van der Waals surface area (Å²) >= 11 is 4.80. The van der Waals surface area contributed by atoms with E-state index in [9.17, 15) is 0 Å². The third-order valence-electron chi connectivity index (χ3n) is 6.33. The number of rotatable bonds is 25. The van der Waals surface area contributed by atoms with Gasteiger partial charge in [0.25, 0.3) is 0 Å². The molecule has 30 heavy (non-hydrogen) atoms. The molecular formula is C27H56N2S. The number of hydrogen-bond acceptors (Lipinski definition) is 1. The zero-order valence-electron chi connectivity index (χ0n) is 20.7. The normalized spacial score (nSPS) is 11.1. The van der Waals surface area contributed by atoms with Crippen LogP contribution in [0.5, 0.6) is 0 Å². The van der Waals surface area contributed by atoms with Crippen LogP contribution in [0.15, 0.2) is 0 Å². The fourth-order valence-electron chi connectivity index (χ4n) is 4.30. The van der Waals surface area contributed by atoms with Gasteiger partial charge in [-0.1, -0.05) is 155 Å². The highest BCUT2D eigenvalue weighted by Gasteiger charge is 1.96. The molecule has 0 amide bonds. The molecule has 3 heteroatoms. The lowest BCUT2D eigenvalue weighted by molar-refractivity contribution is 0.517. The Morgan fingerprint density at radius 1 is 0.467 bits per heavy atom. The molecule has 3 N–H and O–H groups in total. The Balaban J connectivity index is 2.99. The maximum atomic E-state index is 5.41. The highest BCUT2D eigenvalue weighted by Crippen LogP contribution is 2.15. The molecule has 0 bridgehead atoms. The summed E-state index contributed by atoms with van der Waals surface area (Å²) in [5.74, 6) is 0. The molecule has 0 atom stereocenters. The third-order valence-corrected chi connectivity index (χ3v) is 6.47. The van der Waals surface area contributed by atoms with Crippen LogP contribution in [0.1, 0.15) is 161 Å². The van der Waals surface area contributed by atoms with Crippen molar-refractivity contribution in [1.82, 2.24) is 5.32 Å². The lowest BCUT2D eigenvalue weighted by Crippen LogP contribution is -2.29. The van der Waals surface area contributed by atoms with Crippen molar-refractivity contribution < 1.29 is 0 Å². The van der Waals surface area contributed by atoms with Gasteiger partial charge in [0.15, 0.2) is 5.11 Å². The number of thiocarbonyl (C=S) groups is 1. The molecule has 0 unspecified atom stereocenters. The number of unbranched alkanes of at least 4 members (excludes halogenated alkanes) is 23. The minimum absolute atomic E-state index is 0.434. The van der Waals surface area contributed by atoms with Gasteiger partial charge < -0.3 is 11.1 Å². The Bertz CT molecular complexity index is 333. The molecule has 0 aliphatic heterocycles. The summed E-state index contributed by atoms with van der Waals surface area (Å²) in [5, 5.41) is 3.45. The number of nitrogens with one attached hydrogen (secondary N) is 1. The predicted molar refractivity (Wildman–Crippen MR) is 141 cm³/mol. The molecule has 0 aromatic carbocycles. The van der Waals surface area contributed by atoms with Gasteiger partial charge in [-0.3, -0.25) is 0 Å². The van der Waals surface area contributed by atoms with Crippen molar-refractivity contribution in [2.75, 3.05) is 6.54 Å². The minimum Gasteiger partial charge on any atom is -0.376 e. The first-order valence-electron chi connectivity index (χ1n) is 13.8. The Hall–Kier alpha value is -0.310. The second kappa shape index (κ2) is 26.7. The highest BCUT2D eigenvalue weighted by atomic mass is 32.1. The van der Waals surface area contributed by atoms with E-state index in [2.05, 4.69) is 12.2 Å². The van der Waals surface area contributed by atoms with E-state index in [4.69, 9.17) is 18.0 Å². The molecule has 0 radical (unpaired) electrons. The smallest absolute Gasteiger partial charge is 0.163 e. The van der Waals surface area contributed by atoms with Gasteiger partial charge in [-0.25, -0.2) is 0 Å². The quantitative estimate of drug-likeness (QED) is 0.110. The van der Waals surface area contributed by atoms with Crippen LogP contribution >= 0.6 is 12.2 Å². The van der Waals surface area contributed by atoms with E-state index in [0.717, 1.165) is 6.54 Å². The van der Waals surface area contributed by atoms with E-state index in [-0.39, 0.29) is 0 Å². The van der Waals surface area contributed by atoms with E-state index in [1.165, 1.54) is 154 Å². The molecule has 0 aromatic rings. The van der Waals surface area contributed by atoms with E-state index < -0.39 is 0 Å². The van der Waals surface area contributed by atoms with Crippen molar-refractivity contribution in [2.45, 2.75) is 161 Å². The Kier molecular flexibility index (Phi) is 26.4. The summed E-state index contributed by atoms with van der Waals surface area (Å²) in [6.45, 7) is 3.24. The lowest BCUT2D eigenvalue weighted by Gasteiger charge is -2.05. The first-order chi connectivity index (χ1) is 14.8. The van der Waals surface area contributed by atoms with Crippen LogP contribution in [0.4, 0.5) is 0 Å². The van der Waals surface area contributed by atoms with E-state index in [1.54, 1.807) is 0 Å². The van der Waals surface area contributed by atoms with E-state index in [1.807, 2.05) is 0 Å². The van der Waals surface area contributed by atoms with Gasteiger partial charge in [0, 0.05) is 6.54 Å². The summed E-state index contributed by atoms with van der Waals surface area (Å²) in [5.41, 5.74) is 5.41. The predicted octanol–water partition coefficient (Wildman–Crippen LogP) is 9.20. The molecule has 180 valence electrons. The largest absolute Gasteiger partial charge is 0.376 e. The Labute approximate surface area is 195 Å². The second-order valence-electron chi connectivity index (χ2n) is 9.42. The fraction of sp³-hybridized carbons (Fsp3) is 0.963. The van der Waals surface area contributed by atoms with Gasteiger partial charge in [0.05, 0.1) is 0 Å². The van der Waals surface area contributed by atoms with Crippen molar-refractivity contribution in [3.8, 4) is 0 Å². The average molecular weight is 441 g/mol. The summed E-state index contributed by atoms with van der Waals surface area (Å²) in [4.78, 5) is 0. The molecular weight excluding hydrogens is 384 g/mol. The van der Waals surface area contributed by atoms with Crippen molar-refractivity contribution in [3.05, 3.63) is 0 Å². The van der Waals surface area contributed by atoms with Crippen molar-refractivity contribution in [3.63, 3.8) is 0 Å². The molecule has 0 aromatic heterocycles. The molecule has 0 heterocycles. The molecule has 2 nitrogen and oxygen atoms in total. The topological polar surface area (TPSA) is 38.0 Å². The summed E-state index contributed by atoms with van der Waals surface area (Å²) in [7, 11) is 0. The second-order valence-corrected chi connectivity index (χ2v) is 9.86. The van der Waals surface area contributed by atoms with Gasteiger partial charge in [-0.2, -0.15) is 0 Å². The van der Waals surface area contributed by atoms with Crippen LogP contribution in [0.2, 0.25) is 0 Å². The average Bonchev–Trinajstić information content (AvgIpc) is 2.73. The molecule has 0 saturated heterocycles. The van der Waals surface area contributed by atoms with Crippen molar-refractivity contribution in [1.29, 1.82) is 0 Å². The van der Waals surface area contributed by atoms with Gasteiger partial charge >= 0.3 is 0 Å². The van der Waals surface area contributed by atoms with Gasteiger partial charge in [-0.15, -0.1) is 0 Å². The van der Waals surface area contributed by atoms with Crippen LogP contribution in [0.25, 0.3) is 0 Å². The fourth-order valence-corrected chi connectivity index (χ4v) is 4.40. The SMILES string of the molecule is CCCCCCCCCCCCCCCCCCCCCCCCCCNC(N)=S. The maximum Gasteiger partial charge on any atom is 0.163 e. The monoisotopic (exact) mass is 440 g/mol. The van der Waals surface area contributed by atoms with Crippen molar-refractivity contribution >= 4 is 17.3 Å². The summed E-state index contributed by atoms with van der Waals surface area (Å²) in [6, 6.07) is 0. The Morgan fingerprint density at radius 2 is 0.700 bits per heavy atom. The van der Waals surface area contributed by atoms with Crippen LogP contribution < -0.4 is 11.1 Å². The first-order valence-corrected chi connectivity index (χ1v) is 14.2. The zero-order chi connectivity index (χ0) is 22.0. The van der Waals surface area contributed by atoms with Crippen LogP contribution in [0, 0.1) is 0 Å². The third kappa shape index (κ3) is 27.7. The molecule has 0 spiro atoms. The van der Waals surface area contributed by atoms with E-state index in [0.29, 0.717) is 5.11 Å². The molecule has 0 aliphatic carbocycles. The maximum absolute atomic E-state index is 5.41. The first kappa shape index (κ1) is 29.7. The lowest BCUT2D eigenvalue weighted by atomic mass is 10.0. The van der Waals surface area contributed by atoms with Crippen LogP contribution in [0.3, 0.4) is 0 Å². The molecule has 0 rings (SSSR count). The van der Waals surface area contributed by atoms with Crippen LogP contribution in [-0.2, 0) is 0 Å². The highest BCUT2D eigenvalue weighted by molar-refractivity contribution is 7.80. The van der Waals surface area contributed by atoms with Gasteiger partial charge in [0.2, 0.25) is 0 Å².